The summed E-state index contributed by atoms with van der Waals surface area (Å²) in [6, 6.07) is 6.42. The van der Waals surface area contributed by atoms with Gasteiger partial charge >= 0.3 is 0 Å². The van der Waals surface area contributed by atoms with Gasteiger partial charge in [-0.3, -0.25) is 4.18 Å². The van der Waals surface area contributed by atoms with Crippen LogP contribution in [0, 0.1) is 12.3 Å². The summed E-state index contributed by atoms with van der Waals surface area (Å²) in [6.45, 7) is 7.60. The lowest BCUT2D eigenvalue weighted by Crippen LogP contribution is -2.24. The van der Waals surface area contributed by atoms with Crippen LogP contribution in [-0.4, -0.2) is 26.2 Å². The molecule has 0 aromatic heterocycles. The van der Waals surface area contributed by atoms with Crippen LogP contribution in [0.2, 0.25) is 0 Å². The molecule has 0 aliphatic rings. The van der Waals surface area contributed by atoms with Gasteiger partial charge in [0, 0.05) is 0 Å². The van der Waals surface area contributed by atoms with E-state index >= 15 is 0 Å². The smallest absolute Gasteiger partial charge is 0.297 e. The zero-order valence-electron chi connectivity index (χ0n) is 11.9. The van der Waals surface area contributed by atoms with Crippen LogP contribution < -0.4 is 0 Å². The minimum absolute atomic E-state index is 0.0730. The van der Waals surface area contributed by atoms with Gasteiger partial charge in [-0.05, 0) is 30.9 Å². The molecule has 108 valence electrons. The van der Waals surface area contributed by atoms with Crippen LogP contribution in [0.4, 0.5) is 0 Å². The second kappa shape index (κ2) is 6.03. The third-order valence-corrected chi connectivity index (χ3v) is 3.87. The Bertz CT molecular complexity index is 497. The number of aliphatic hydroxyl groups is 1. The second-order valence-corrected chi connectivity index (χ2v) is 7.59. The van der Waals surface area contributed by atoms with E-state index in [9.17, 15) is 13.5 Å². The first-order valence-corrected chi connectivity index (χ1v) is 7.65. The largest absolute Gasteiger partial charge is 0.391 e. The number of hydrogen-bond donors (Lipinski definition) is 1. The van der Waals surface area contributed by atoms with Gasteiger partial charge in [0.15, 0.2) is 0 Å². The summed E-state index contributed by atoms with van der Waals surface area (Å²) in [5, 5.41) is 9.75. The van der Waals surface area contributed by atoms with Gasteiger partial charge in [-0.1, -0.05) is 38.5 Å². The first kappa shape index (κ1) is 16.1. The maximum absolute atomic E-state index is 11.9. The summed E-state index contributed by atoms with van der Waals surface area (Å²) >= 11 is 0. The van der Waals surface area contributed by atoms with E-state index in [1.165, 1.54) is 12.1 Å². The minimum atomic E-state index is -3.79. The highest BCUT2D eigenvalue weighted by Crippen LogP contribution is 2.21. The van der Waals surface area contributed by atoms with Crippen molar-refractivity contribution < 1.29 is 17.7 Å². The van der Waals surface area contributed by atoms with Gasteiger partial charge in [0.05, 0.1) is 17.6 Å². The number of benzene rings is 1. The van der Waals surface area contributed by atoms with Crippen LogP contribution in [0.15, 0.2) is 29.2 Å². The molecule has 0 aliphatic heterocycles. The lowest BCUT2D eigenvalue weighted by Gasteiger charge is -2.21. The van der Waals surface area contributed by atoms with Crippen molar-refractivity contribution in [3.63, 3.8) is 0 Å². The molecule has 0 saturated heterocycles. The zero-order valence-corrected chi connectivity index (χ0v) is 12.7. The summed E-state index contributed by atoms with van der Waals surface area (Å²) in [5.41, 5.74) is 0.905. The number of hydrogen-bond acceptors (Lipinski definition) is 4. The number of aryl methyl sites for hydroxylation is 1. The molecule has 0 spiro atoms. The molecule has 19 heavy (non-hydrogen) atoms. The van der Waals surface area contributed by atoms with Crippen LogP contribution >= 0.6 is 0 Å². The summed E-state index contributed by atoms with van der Waals surface area (Å²) in [4.78, 5) is 0.112. The normalized spacial score (nSPS) is 14.4. The summed E-state index contributed by atoms with van der Waals surface area (Å²) < 4.78 is 28.6. The summed E-state index contributed by atoms with van der Waals surface area (Å²) in [6.07, 6.45) is -0.309. The molecule has 0 heterocycles. The van der Waals surface area contributed by atoms with Crippen molar-refractivity contribution in [2.24, 2.45) is 5.41 Å². The number of rotatable bonds is 5. The van der Waals surface area contributed by atoms with Crippen molar-refractivity contribution in [3.05, 3.63) is 29.8 Å². The van der Waals surface area contributed by atoms with Crippen molar-refractivity contribution in [2.45, 2.75) is 45.1 Å². The summed E-state index contributed by atoms with van der Waals surface area (Å²) in [5.74, 6) is 0. The maximum atomic E-state index is 11.9. The molecule has 0 bridgehead atoms. The highest BCUT2D eigenvalue weighted by Gasteiger charge is 2.21. The monoisotopic (exact) mass is 286 g/mol. The fourth-order valence-electron chi connectivity index (χ4n) is 1.71. The Hall–Kier alpha value is -0.910. The fraction of sp³-hybridized carbons (Fsp3) is 0.571. The highest BCUT2D eigenvalue weighted by molar-refractivity contribution is 7.86. The molecule has 0 fully saturated rings. The van der Waals surface area contributed by atoms with E-state index in [1.54, 1.807) is 12.1 Å². The molecule has 4 nitrogen and oxygen atoms in total. The first-order chi connectivity index (χ1) is 8.60. The minimum Gasteiger partial charge on any atom is -0.391 e. The van der Waals surface area contributed by atoms with Crippen molar-refractivity contribution in [3.8, 4) is 0 Å². The Kier molecular flexibility index (Phi) is 5.12. The van der Waals surface area contributed by atoms with Gasteiger partial charge in [0.2, 0.25) is 0 Å². The van der Waals surface area contributed by atoms with Crippen LogP contribution in [0.5, 0.6) is 0 Å². The lowest BCUT2D eigenvalue weighted by atomic mass is 9.89. The van der Waals surface area contributed by atoms with Gasteiger partial charge in [-0.2, -0.15) is 8.42 Å². The predicted octanol–water partition coefficient (Wildman–Crippen LogP) is 2.50. The molecule has 0 radical (unpaired) electrons. The van der Waals surface area contributed by atoms with Crippen LogP contribution in [0.1, 0.15) is 32.8 Å². The summed E-state index contributed by atoms with van der Waals surface area (Å²) in [7, 11) is -3.79. The van der Waals surface area contributed by atoms with E-state index in [4.69, 9.17) is 4.18 Å². The average Bonchev–Trinajstić information content (AvgIpc) is 2.25. The van der Waals surface area contributed by atoms with Gasteiger partial charge < -0.3 is 5.11 Å². The Morgan fingerprint density at radius 2 is 1.74 bits per heavy atom. The molecule has 0 saturated carbocycles. The Morgan fingerprint density at radius 3 is 2.21 bits per heavy atom. The molecule has 0 aliphatic carbocycles. The standard InChI is InChI=1S/C14H22O4S/c1-11-5-7-13(8-6-11)19(16,17)18-10-12(15)9-14(2,3)4/h5-8,12,15H,9-10H2,1-4H3. The molecular formula is C14H22O4S. The molecule has 1 unspecified atom stereocenters. The maximum Gasteiger partial charge on any atom is 0.297 e. The van der Waals surface area contributed by atoms with Crippen molar-refractivity contribution in [1.29, 1.82) is 0 Å². The Morgan fingerprint density at radius 1 is 1.21 bits per heavy atom. The van der Waals surface area contributed by atoms with Gasteiger partial charge in [0.25, 0.3) is 10.1 Å². The fourth-order valence-corrected chi connectivity index (χ4v) is 2.65. The van der Waals surface area contributed by atoms with E-state index in [0.717, 1.165) is 5.56 Å². The third-order valence-electron chi connectivity index (χ3n) is 2.57. The van der Waals surface area contributed by atoms with E-state index in [0.29, 0.717) is 6.42 Å². The average molecular weight is 286 g/mol. The van der Waals surface area contributed by atoms with E-state index in [-0.39, 0.29) is 16.9 Å². The quantitative estimate of drug-likeness (QED) is 0.845. The first-order valence-electron chi connectivity index (χ1n) is 6.24. The lowest BCUT2D eigenvalue weighted by molar-refractivity contribution is 0.0733. The topological polar surface area (TPSA) is 63.6 Å². The van der Waals surface area contributed by atoms with E-state index in [1.807, 2.05) is 27.7 Å². The van der Waals surface area contributed by atoms with E-state index < -0.39 is 16.2 Å². The SMILES string of the molecule is Cc1ccc(S(=O)(=O)OCC(O)CC(C)(C)C)cc1. The van der Waals surface area contributed by atoms with E-state index in [2.05, 4.69) is 0 Å². The third kappa shape index (κ3) is 5.72. The van der Waals surface area contributed by atoms with Crippen LogP contribution in [0.3, 0.4) is 0 Å². The van der Waals surface area contributed by atoms with Gasteiger partial charge in [0.1, 0.15) is 0 Å². The van der Waals surface area contributed by atoms with Crippen LogP contribution in [0.25, 0.3) is 0 Å². The number of aliphatic hydroxyl groups excluding tert-OH is 1. The second-order valence-electron chi connectivity index (χ2n) is 5.97. The van der Waals surface area contributed by atoms with Crippen molar-refractivity contribution in [1.82, 2.24) is 0 Å². The Balaban J connectivity index is 2.63. The molecule has 0 amide bonds. The Labute approximate surface area is 115 Å². The van der Waals surface area contributed by atoms with Crippen LogP contribution in [-0.2, 0) is 14.3 Å². The molecule has 5 heteroatoms. The van der Waals surface area contributed by atoms with Gasteiger partial charge in [-0.15, -0.1) is 0 Å². The predicted molar refractivity (Wildman–Crippen MR) is 74.4 cm³/mol. The molecule has 1 aromatic rings. The highest BCUT2D eigenvalue weighted by atomic mass is 32.2. The molecular weight excluding hydrogens is 264 g/mol. The molecule has 1 rings (SSSR count). The van der Waals surface area contributed by atoms with Crippen molar-refractivity contribution >= 4 is 10.1 Å². The molecule has 1 atom stereocenters. The molecule has 1 N–H and O–H groups in total. The zero-order chi connectivity index (χ0) is 14.7. The van der Waals surface area contributed by atoms with Gasteiger partial charge in [-0.25, -0.2) is 0 Å². The van der Waals surface area contributed by atoms with Crippen molar-refractivity contribution in [2.75, 3.05) is 6.61 Å². The molecule has 1 aromatic carbocycles.